The first-order chi connectivity index (χ1) is 8.34. The van der Waals surface area contributed by atoms with Gasteiger partial charge in [0.1, 0.15) is 0 Å². The summed E-state index contributed by atoms with van der Waals surface area (Å²) in [5, 5.41) is 7.86. The Kier molecular flexibility index (Phi) is 5.45. The van der Waals surface area contributed by atoms with Crippen molar-refractivity contribution in [1.29, 1.82) is 0 Å². The average Bonchev–Trinajstić information content (AvgIpc) is 2.84. The smallest absolute Gasteiger partial charge is 0.0213 e. The van der Waals surface area contributed by atoms with Crippen LogP contribution in [0.25, 0.3) is 0 Å². The van der Waals surface area contributed by atoms with E-state index in [1.807, 2.05) is 0 Å². The van der Waals surface area contributed by atoms with E-state index in [1.165, 1.54) is 44.7 Å². The molecule has 1 aliphatic heterocycles. The Bertz CT molecular complexity index is 292. The molecular formula is C13H23N3S. The average molecular weight is 253 g/mol. The minimum absolute atomic E-state index is 1.02. The Hall–Kier alpha value is -0.420. The number of thiophene rings is 1. The Morgan fingerprint density at radius 2 is 2.12 bits per heavy atom. The van der Waals surface area contributed by atoms with Gasteiger partial charge < -0.3 is 15.1 Å². The molecule has 0 saturated carbocycles. The van der Waals surface area contributed by atoms with Crippen LogP contribution in [0.3, 0.4) is 0 Å². The monoisotopic (exact) mass is 253 g/mol. The largest absolute Gasteiger partial charge is 0.313 e. The maximum atomic E-state index is 3.51. The van der Waals surface area contributed by atoms with Gasteiger partial charge in [0.15, 0.2) is 0 Å². The summed E-state index contributed by atoms with van der Waals surface area (Å²) >= 11 is 1.77. The third-order valence-corrected chi connectivity index (χ3v) is 4.07. The number of nitrogens with zero attached hydrogens (tertiary/aromatic N) is 2. The highest BCUT2D eigenvalue weighted by molar-refractivity contribution is 7.07. The van der Waals surface area contributed by atoms with Gasteiger partial charge in [0, 0.05) is 32.7 Å². The minimum Gasteiger partial charge on any atom is -0.313 e. The summed E-state index contributed by atoms with van der Waals surface area (Å²) in [7, 11) is 2.21. The number of hydrogen-bond acceptors (Lipinski definition) is 4. The van der Waals surface area contributed by atoms with E-state index in [2.05, 4.69) is 39.0 Å². The van der Waals surface area contributed by atoms with Gasteiger partial charge in [-0.25, -0.2) is 0 Å². The highest BCUT2D eigenvalue weighted by atomic mass is 32.1. The Labute approximate surface area is 108 Å². The number of rotatable bonds is 6. The van der Waals surface area contributed by atoms with Crippen LogP contribution in [0, 0.1) is 0 Å². The lowest BCUT2D eigenvalue weighted by molar-refractivity contribution is 0.153. The predicted octanol–water partition coefficient (Wildman–Crippen LogP) is 1.48. The van der Waals surface area contributed by atoms with Gasteiger partial charge in [-0.2, -0.15) is 11.3 Å². The zero-order valence-corrected chi connectivity index (χ0v) is 11.5. The summed E-state index contributed by atoms with van der Waals surface area (Å²) in [6.07, 6.45) is 1.26. The van der Waals surface area contributed by atoms with Crippen LogP contribution in [0.1, 0.15) is 12.0 Å². The topological polar surface area (TPSA) is 18.5 Å². The SMILES string of the molecule is CN1CCN(CCCNCc2ccsc2)CC1. The molecule has 0 amide bonds. The second-order valence-corrected chi connectivity index (χ2v) is 5.59. The molecule has 0 radical (unpaired) electrons. The third kappa shape index (κ3) is 4.76. The molecule has 0 aliphatic carbocycles. The lowest BCUT2D eigenvalue weighted by Gasteiger charge is -2.32. The van der Waals surface area contributed by atoms with Gasteiger partial charge in [-0.3, -0.25) is 0 Å². The van der Waals surface area contributed by atoms with Crippen molar-refractivity contribution < 1.29 is 0 Å². The van der Waals surface area contributed by atoms with E-state index in [0.29, 0.717) is 0 Å². The van der Waals surface area contributed by atoms with Gasteiger partial charge in [0.05, 0.1) is 0 Å². The van der Waals surface area contributed by atoms with Crippen molar-refractivity contribution in [2.75, 3.05) is 46.3 Å². The molecule has 1 aliphatic rings. The summed E-state index contributed by atoms with van der Waals surface area (Å²) in [5.74, 6) is 0. The highest BCUT2D eigenvalue weighted by Crippen LogP contribution is 2.05. The van der Waals surface area contributed by atoms with Gasteiger partial charge >= 0.3 is 0 Å². The third-order valence-electron chi connectivity index (χ3n) is 3.33. The zero-order chi connectivity index (χ0) is 11.9. The van der Waals surface area contributed by atoms with Crippen molar-refractivity contribution in [1.82, 2.24) is 15.1 Å². The van der Waals surface area contributed by atoms with Crippen molar-refractivity contribution in [3.05, 3.63) is 22.4 Å². The lowest BCUT2D eigenvalue weighted by atomic mass is 10.3. The van der Waals surface area contributed by atoms with E-state index >= 15 is 0 Å². The predicted molar refractivity (Wildman–Crippen MR) is 74.6 cm³/mol. The quantitative estimate of drug-likeness (QED) is 0.775. The molecule has 1 fully saturated rings. The fourth-order valence-corrected chi connectivity index (χ4v) is 2.79. The highest BCUT2D eigenvalue weighted by Gasteiger charge is 2.12. The molecule has 0 bridgehead atoms. The van der Waals surface area contributed by atoms with Gasteiger partial charge in [0.25, 0.3) is 0 Å². The molecule has 2 heterocycles. The van der Waals surface area contributed by atoms with E-state index < -0.39 is 0 Å². The van der Waals surface area contributed by atoms with Crippen LogP contribution in [0.2, 0.25) is 0 Å². The molecule has 1 aromatic heterocycles. The maximum absolute atomic E-state index is 3.51. The molecule has 1 aromatic rings. The first kappa shape index (κ1) is 13.0. The molecule has 0 aromatic carbocycles. The summed E-state index contributed by atoms with van der Waals surface area (Å²) in [5.41, 5.74) is 1.41. The van der Waals surface area contributed by atoms with Gasteiger partial charge in [-0.15, -0.1) is 0 Å². The van der Waals surface area contributed by atoms with Crippen LogP contribution >= 0.6 is 11.3 Å². The molecule has 3 nitrogen and oxygen atoms in total. The molecule has 0 spiro atoms. The molecule has 1 N–H and O–H groups in total. The van der Waals surface area contributed by atoms with Crippen LogP contribution in [0.4, 0.5) is 0 Å². The first-order valence-corrected chi connectivity index (χ1v) is 7.41. The lowest BCUT2D eigenvalue weighted by Crippen LogP contribution is -2.45. The fourth-order valence-electron chi connectivity index (χ4n) is 2.13. The standard InChI is InChI=1S/C13H23N3S/c1-15-6-8-16(9-7-15)5-2-4-14-11-13-3-10-17-12-13/h3,10,12,14H,2,4-9,11H2,1H3. The summed E-state index contributed by atoms with van der Waals surface area (Å²) in [4.78, 5) is 4.98. The van der Waals surface area contributed by atoms with E-state index in [0.717, 1.165) is 13.1 Å². The van der Waals surface area contributed by atoms with Crippen LogP contribution in [-0.4, -0.2) is 56.1 Å². The molecular weight excluding hydrogens is 230 g/mol. The number of piperazine rings is 1. The summed E-state index contributed by atoms with van der Waals surface area (Å²) in [6.45, 7) is 8.31. The normalized spacial score (nSPS) is 18.6. The Morgan fingerprint density at radius 1 is 1.29 bits per heavy atom. The van der Waals surface area contributed by atoms with Crippen molar-refractivity contribution in [3.63, 3.8) is 0 Å². The number of likely N-dealkylation sites (N-methyl/N-ethyl adjacent to an activating group) is 1. The van der Waals surface area contributed by atoms with E-state index in [-0.39, 0.29) is 0 Å². The molecule has 0 atom stereocenters. The second kappa shape index (κ2) is 7.11. The number of hydrogen-bond donors (Lipinski definition) is 1. The number of nitrogens with one attached hydrogen (secondary N) is 1. The van der Waals surface area contributed by atoms with Crippen LogP contribution < -0.4 is 5.32 Å². The fraction of sp³-hybridized carbons (Fsp3) is 0.692. The first-order valence-electron chi connectivity index (χ1n) is 6.47. The van der Waals surface area contributed by atoms with Crippen molar-refractivity contribution in [3.8, 4) is 0 Å². The zero-order valence-electron chi connectivity index (χ0n) is 10.7. The second-order valence-electron chi connectivity index (χ2n) is 4.81. The minimum atomic E-state index is 1.02. The summed E-state index contributed by atoms with van der Waals surface area (Å²) < 4.78 is 0. The van der Waals surface area contributed by atoms with Crippen LogP contribution in [0.15, 0.2) is 16.8 Å². The molecule has 4 heteroatoms. The van der Waals surface area contributed by atoms with Gasteiger partial charge in [0.2, 0.25) is 0 Å². The Morgan fingerprint density at radius 3 is 2.82 bits per heavy atom. The Balaban J connectivity index is 1.49. The van der Waals surface area contributed by atoms with Crippen molar-refractivity contribution in [2.24, 2.45) is 0 Å². The van der Waals surface area contributed by atoms with Crippen LogP contribution in [-0.2, 0) is 6.54 Å². The van der Waals surface area contributed by atoms with Crippen molar-refractivity contribution in [2.45, 2.75) is 13.0 Å². The molecule has 17 heavy (non-hydrogen) atoms. The van der Waals surface area contributed by atoms with Gasteiger partial charge in [-0.1, -0.05) is 0 Å². The van der Waals surface area contributed by atoms with E-state index in [1.54, 1.807) is 11.3 Å². The van der Waals surface area contributed by atoms with Crippen molar-refractivity contribution >= 4 is 11.3 Å². The van der Waals surface area contributed by atoms with Gasteiger partial charge in [-0.05, 0) is 48.9 Å². The summed E-state index contributed by atoms with van der Waals surface area (Å²) in [6, 6.07) is 2.19. The van der Waals surface area contributed by atoms with E-state index in [9.17, 15) is 0 Å². The van der Waals surface area contributed by atoms with Crippen LogP contribution in [0.5, 0.6) is 0 Å². The molecule has 0 unspecified atom stereocenters. The molecule has 2 rings (SSSR count). The molecule has 1 saturated heterocycles. The maximum Gasteiger partial charge on any atom is 0.0213 e. The molecule has 96 valence electrons. The van der Waals surface area contributed by atoms with E-state index in [4.69, 9.17) is 0 Å².